The van der Waals surface area contributed by atoms with Gasteiger partial charge in [0.25, 0.3) is 5.91 Å². The van der Waals surface area contributed by atoms with Crippen LogP contribution in [0.2, 0.25) is 0 Å². The lowest BCUT2D eigenvalue weighted by Crippen LogP contribution is -2.46. The van der Waals surface area contributed by atoms with Crippen molar-refractivity contribution in [3.05, 3.63) is 64.7 Å². The predicted octanol–water partition coefficient (Wildman–Crippen LogP) is 2.63. The largest absolute Gasteiger partial charge is 0.494 e. The smallest absolute Gasteiger partial charge is 0.253 e. The average molecular weight is 424 g/mol. The van der Waals surface area contributed by atoms with Gasteiger partial charge in [-0.25, -0.2) is 0 Å². The summed E-state index contributed by atoms with van der Waals surface area (Å²) in [7, 11) is 1.62. The molecule has 8 heteroatoms. The van der Waals surface area contributed by atoms with E-state index in [0.29, 0.717) is 35.3 Å². The van der Waals surface area contributed by atoms with Crippen molar-refractivity contribution in [2.75, 3.05) is 13.7 Å². The van der Waals surface area contributed by atoms with Gasteiger partial charge in [-0.15, -0.1) is 0 Å². The Morgan fingerprint density at radius 1 is 1.45 bits per heavy atom. The summed E-state index contributed by atoms with van der Waals surface area (Å²) in [5.41, 5.74) is 2.28. The topological polar surface area (TPSA) is 130 Å². The van der Waals surface area contributed by atoms with Crippen molar-refractivity contribution < 1.29 is 14.6 Å². The van der Waals surface area contributed by atoms with E-state index in [0.717, 1.165) is 11.8 Å². The van der Waals surface area contributed by atoms with E-state index in [4.69, 9.17) is 15.4 Å². The maximum atomic E-state index is 12.5. The van der Waals surface area contributed by atoms with Crippen LogP contribution in [0.3, 0.4) is 0 Å². The molecule has 0 radical (unpaired) electrons. The lowest BCUT2D eigenvalue weighted by molar-refractivity contribution is -0.118. The summed E-state index contributed by atoms with van der Waals surface area (Å²) in [6.07, 6.45) is 6.22. The first-order valence-corrected chi connectivity index (χ1v) is 9.88. The number of rotatable bonds is 9. The summed E-state index contributed by atoms with van der Waals surface area (Å²) in [4.78, 5) is 12.5. The molecule has 1 unspecified atom stereocenters. The molecule has 0 saturated heterocycles. The van der Waals surface area contributed by atoms with E-state index in [-0.39, 0.29) is 11.8 Å². The second-order valence-corrected chi connectivity index (χ2v) is 7.88. The Morgan fingerprint density at radius 2 is 2.19 bits per heavy atom. The Bertz CT molecular complexity index is 970. The molecule has 0 fully saturated rings. The fourth-order valence-electron chi connectivity index (χ4n) is 3.05. The number of benzene rings is 1. The van der Waals surface area contributed by atoms with Crippen molar-refractivity contribution in [3.8, 4) is 6.07 Å². The number of aliphatic hydroxyl groups is 1. The molecule has 0 spiro atoms. The van der Waals surface area contributed by atoms with Crippen LogP contribution in [0.4, 0.5) is 0 Å². The van der Waals surface area contributed by atoms with Crippen LogP contribution >= 0.6 is 0 Å². The third-order valence-electron chi connectivity index (χ3n) is 4.87. The number of nitrogens with one attached hydrogen (secondary N) is 4. The zero-order valence-electron chi connectivity index (χ0n) is 18.2. The third kappa shape index (κ3) is 6.46. The van der Waals surface area contributed by atoms with Crippen molar-refractivity contribution in [2.24, 2.45) is 0 Å². The van der Waals surface area contributed by atoms with Crippen molar-refractivity contribution in [3.63, 3.8) is 0 Å². The minimum Gasteiger partial charge on any atom is -0.494 e. The number of nitriles is 1. The Hall–Kier alpha value is -3.57. The summed E-state index contributed by atoms with van der Waals surface area (Å²) < 4.78 is 5.08. The fourth-order valence-corrected chi connectivity index (χ4v) is 3.05. The number of hydrogen-bond acceptors (Lipinski definition) is 7. The number of carbonyl (C=O) groups excluding carboxylic acids is 1. The van der Waals surface area contributed by atoms with Crippen LogP contribution in [-0.4, -0.2) is 42.6 Å². The molecule has 2 rings (SSSR count). The van der Waals surface area contributed by atoms with Crippen LogP contribution in [-0.2, 0) is 9.53 Å². The zero-order chi connectivity index (χ0) is 23.0. The molecular formula is C23H29N5O3. The number of nitrogens with zero attached hydrogens (tertiary/aromatic N) is 1. The van der Waals surface area contributed by atoms with Gasteiger partial charge in [0.05, 0.1) is 22.8 Å². The van der Waals surface area contributed by atoms with Gasteiger partial charge in [0.1, 0.15) is 6.17 Å². The normalized spacial score (nSPS) is 16.4. The second kappa shape index (κ2) is 10.5. The summed E-state index contributed by atoms with van der Waals surface area (Å²) >= 11 is 0. The number of aryl methyl sites for hydroxylation is 1. The van der Waals surface area contributed by atoms with Gasteiger partial charge in [0, 0.05) is 31.7 Å². The van der Waals surface area contributed by atoms with Gasteiger partial charge in [-0.3, -0.25) is 4.79 Å². The van der Waals surface area contributed by atoms with Gasteiger partial charge in [-0.2, -0.15) is 5.26 Å². The average Bonchev–Trinajstić information content (AvgIpc) is 2.74. The highest BCUT2D eigenvalue weighted by molar-refractivity contribution is 6.09. The fraction of sp³-hybridized carbons (Fsp3) is 0.348. The number of amides is 1. The monoisotopic (exact) mass is 423 g/mol. The molecule has 0 bridgehead atoms. The lowest BCUT2D eigenvalue weighted by Gasteiger charge is -2.27. The van der Waals surface area contributed by atoms with Crippen LogP contribution in [0.5, 0.6) is 0 Å². The first-order chi connectivity index (χ1) is 14.7. The van der Waals surface area contributed by atoms with Crippen molar-refractivity contribution in [2.45, 2.75) is 38.9 Å². The molecule has 1 heterocycles. The molecular weight excluding hydrogens is 394 g/mol. The summed E-state index contributed by atoms with van der Waals surface area (Å²) in [5.74, 6) is -0.400. The molecule has 1 atom stereocenters. The van der Waals surface area contributed by atoms with E-state index in [2.05, 4.69) is 22.0 Å². The van der Waals surface area contributed by atoms with Gasteiger partial charge in [-0.05, 0) is 62.6 Å². The minimum absolute atomic E-state index is 0.188. The number of dihydropyridines is 1. The van der Waals surface area contributed by atoms with E-state index in [1.165, 1.54) is 0 Å². The van der Waals surface area contributed by atoms with Gasteiger partial charge in [-0.1, -0.05) is 6.07 Å². The Balaban J connectivity index is 2.06. The summed E-state index contributed by atoms with van der Waals surface area (Å²) in [6, 6.07) is 7.11. The van der Waals surface area contributed by atoms with Crippen LogP contribution in [0.1, 0.15) is 37.0 Å². The molecule has 31 heavy (non-hydrogen) atoms. The highest BCUT2D eigenvalue weighted by Gasteiger charge is 2.23. The van der Waals surface area contributed by atoms with Gasteiger partial charge in [0.2, 0.25) is 0 Å². The van der Waals surface area contributed by atoms with E-state index >= 15 is 0 Å². The second-order valence-electron chi connectivity index (χ2n) is 7.88. The van der Waals surface area contributed by atoms with Crippen LogP contribution in [0.25, 0.3) is 5.57 Å². The lowest BCUT2D eigenvalue weighted by atomic mass is 9.99. The minimum atomic E-state index is -0.466. The number of carbonyl (C=O) groups is 1. The van der Waals surface area contributed by atoms with Gasteiger partial charge < -0.3 is 31.2 Å². The standard InChI is InChI=1S/C23H29N5O3/c1-15-11-16(12-24)5-7-18(15)19(13-25)22(30)27-20-8-6-17(14-26-20)21(29)28-23(2,3)9-10-31-4/h5-8,11,13-14,20,25-27,30H,9-10H2,1-4H3,(H,28,29)/b22-19-,25-13?. The van der Waals surface area contributed by atoms with E-state index in [1.54, 1.807) is 43.7 Å². The molecule has 1 aromatic carbocycles. The maximum Gasteiger partial charge on any atom is 0.253 e. The molecule has 8 nitrogen and oxygen atoms in total. The zero-order valence-corrected chi connectivity index (χ0v) is 18.2. The third-order valence-corrected chi connectivity index (χ3v) is 4.87. The molecule has 0 aliphatic carbocycles. The SMILES string of the molecule is COCCC(C)(C)NC(=O)C1=CNC(N/C(O)=C(\C=N)c2ccc(C#N)cc2C)C=C1. The molecule has 0 aromatic heterocycles. The quantitative estimate of drug-likeness (QED) is 0.307. The predicted molar refractivity (Wildman–Crippen MR) is 120 cm³/mol. The molecule has 164 valence electrons. The number of allylic oxidation sites excluding steroid dienone is 1. The summed E-state index contributed by atoms with van der Waals surface area (Å²) in [6.45, 7) is 6.23. The highest BCUT2D eigenvalue weighted by atomic mass is 16.5. The molecule has 1 amide bonds. The van der Waals surface area contributed by atoms with E-state index < -0.39 is 11.7 Å². The number of hydrogen-bond donors (Lipinski definition) is 5. The van der Waals surface area contributed by atoms with Gasteiger partial charge in [0.15, 0.2) is 5.88 Å². The van der Waals surface area contributed by atoms with Crippen LogP contribution in [0, 0.1) is 23.7 Å². The number of ether oxygens (including phenoxy) is 1. The Labute approximate surface area is 182 Å². The van der Waals surface area contributed by atoms with Crippen LogP contribution in [0.15, 0.2) is 48.0 Å². The first-order valence-electron chi connectivity index (χ1n) is 9.88. The van der Waals surface area contributed by atoms with E-state index in [1.807, 2.05) is 20.8 Å². The molecule has 5 N–H and O–H groups in total. The van der Waals surface area contributed by atoms with Crippen molar-refractivity contribution >= 4 is 17.7 Å². The number of aliphatic hydroxyl groups excluding tert-OH is 1. The molecule has 0 saturated carbocycles. The molecule has 1 aliphatic rings. The van der Waals surface area contributed by atoms with Crippen LogP contribution < -0.4 is 16.0 Å². The first kappa shape index (κ1) is 23.7. The summed E-state index contributed by atoms with van der Waals surface area (Å²) in [5, 5.41) is 36.1. The van der Waals surface area contributed by atoms with Crippen molar-refractivity contribution in [1.82, 2.24) is 16.0 Å². The maximum absolute atomic E-state index is 12.5. The van der Waals surface area contributed by atoms with E-state index in [9.17, 15) is 9.90 Å². The van der Waals surface area contributed by atoms with Gasteiger partial charge >= 0.3 is 0 Å². The molecule has 1 aromatic rings. The van der Waals surface area contributed by atoms with Crippen molar-refractivity contribution in [1.29, 1.82) is 10.7 Å². The number of methoxy groups -OCH3 is 1. The Morgan fingerprint density at radius 3 is 2.74 bits per heavy atom. The molecule has 1 aliphatic heterocycles. The highest BCUT2D eigenvalue weighted by Crippen LogP contribution is 2.21. The Kier molecular flexibility index (Phi) is 8.00.